The third kappa shape index (κ3) is 4.60. The van der Waals surface area contributed by atoms with Gasteiger partial charge in [0.2, 0.25) is 5.91 Å². The van der Waals surface area contributed by atoms with Gasteiger partial charge in [-0.2, -0.15) is 0 Å². The first-order valence-electron chi connectivity index (χ1n) is 9.23. The highest BCUT2D eigenvalue weighted by molar-refractivity contribution is 5.96. The van der Waals surface area contributed by atoms with Gasteiger partial charge in [0.1, 0.15) is 12.4 Å². The first kappa shape index (κ1) is 19.2. The highest BCUT2D eigenvalue weighted by atomic mass is 16.5. The first-order chi connectivity index (χ1) is 13.0. The predicted octanol–water partition coefficient (Wildman–Crippen LogP) is 1.44. The molecule has 0 aromatic heterocycles. The average Bonchev–Trinajstić information content (AvgIpc) is 2.68. The van der Waals surface area contributed by atoms with Gasteiger partial charge in [-0.25, -0.2) is 0 Å². The van der Waals surface area contributed by atoms with Crippen molar-refractivity contribution in [3.63, 3.8) is 0 Å². The molecule has 146 valence electrons. The topological polar surface area (TPSA) is 71.1 Å². The largest absolute Gasteiger partial charge is 0.489 e. The van der Waals surface area contributed by atoms with Gasteiger partial charge >= 0.3 is 0 Å². The lowest BCUT2D eigenvalue weighted by Crippen LogP contribution is -2.44. The number of rotatable bonds is 5. The molecule has 1 aromatic rings. The third-order valence-electron chi connectivity index (χ3n) is 4.87. The number of morpholine rings is 1. The van der Waals surface area contributed by atoms with E-state index in [9.17, 15) is 9.59 Å². The van der Waals surface area contributed by atoms with Crippen molar-refractivity contribution < 1.29 is 19.1 Å². The molecule has 1 saturated heterocycles. The SMILES string of the molecule is C=C(C)CNC(=O)CC1COc2ccc(C(=O)N3CCOCC3)cc2N1C. The zero-order valence-electron chi connectivity index (χ0n) is 16.0. The van der Waals surface area contributed by atoms with E-state index in [1.54, 1.807) is 11.0 Å². The Balaban J connectivity index is 1.70. The van der Waals surface area contributed by atoms with Crippen LogP contribution in [-0.2, 0) is 9.53 Å². The Morgan fingerprint density at radius 3 is 2.74 bits per heavy atom. The summed E-state index contributed by atoms with van der Waals surface area (Å²) in [7, 11) is 1.93. The quantitative estimate of drug-likeness (QED) is 0.791. The molecule has 0 radical (unpaired) electrons. The summed E-state index contributed by atoms with van der Waals surface area (Å²) in [4.78, 5) is 28.7. The Labute approximate surface area is 159 Å². The molecule has 1 atom stereocenters. The first-order valence-corrected chi connectivity index (χ1v) is 9.23. The number of benzene rings is 1. The second kappa shape index (κ2) is 8.43. The van der Waals surface area contributed by atoms with Gasteiger partial charge in [0.15, 0.2) is 0 Å². The van der Waals surface area contributed by atoms with Gasteiger partial charge in [0.25, 0.3) is 5.91 Å². The van der Waals surface area contributed by atoms with Crippen LogP contribution in [0.4, 0.5) is 5.69 Å². The maximum atomic E-state index is 12.7. The number of amides is 2. The minimum absolute atomic E-state index is 0.00387. The van der Waals surface area contributed by atoms with E-state index in [-0.39, 0.29) is 17.9 Å². The van der Waals surface area contributed by atoms with Gasteiger partial charge in [-0.05, 0) is 25.1 Å². The van der Waals surface area contributed by atoms with Gasteiger partial charge in [-0.15, -0.1) is 0 Å². The molecule has 2 amide bonds. The molecule has 0 saturated carbocycles. The molecule has 1 fully saturated rings. The van der Waals surface area contributed by atoms with E-state index < -0.39 is 0 Å². The summed E-state index contributed by atoms with van der Waals surface area (Å²) in [6.45, 7) is 8.92. The normalized spacial score (nSPS) is 19.1. The minimum atomic E-state index is -0.0867. The molecule has 1 aromatic carbocycles. The van der Waals surface area contributed by atoms with Gasteiger partial charge in [-0.1, -0.05) is 12.2 Å². The second-order valence-electron chi connectivity index (χ2n) is 7.10. The fourth-order valence-corrected chi connectivity index (χ4v) is 3.22. The molecule has 0 aliphatic carbocycles. The average molecular weight is 373 g/mol. The lowest BCUT2D eigenvalue weighted by molar-refractivity contribution is -0.121. The maximum absolute atomic E-state index is 12.7. The van der Waals surface area contributed by atoms with Crippen LogP contribution in [0, 0.1) is 0 Å². The van der Waals surface area contributed by atoms with Crippen molar-refractivity contribution in [1.29, 1.82) is 0 Å². The Hall–Kier alpha value is -2.54. The molecule has 3 rings (SSSR count). The number of ether oxygens (including phenoxy) is 2. The van der Waals surface area contributed by atoms with Gasteiger partial charge < -0.3 is 24.6 Å². The van der Waals surface area contributed by atoms with E-state index in [0.29, 0.717) is 51.4 Å². The van der Waals surface area contributed by atoms with E-state index in [4.69, 9.17) is 9.47 Å². The van der Waals surface area contributed by atoms with Crippen LogP contribution in [0.25, 0.3) is 0 Å². The predicted molar refractivity (Wildman–Crippen MR) is 103 cm³/mol. The van der Waals surface area contributed by atoms with Crippen LogP contribution in [0.1, 0.15) is 23.7 Å². The summed E-state index contributed by atoms with van der Waals surface area (Å²) in [6.07, 6.45) is 0.324. The van der Waals surface area contributed by atoms with E-state index in [0.717, 1.165) is 17.0 Å². The number of nitrogens with one attached hydrogen (secondary N) is 1. The number of hydrogen-bond acceptors (Lipinski definition) is 5. The van der Waals surface area contributed by atoms with Crippen molar-refractivity contribution >= 4 is 17.5 Å². The lowest BCUT2D eigenvalue weighted by atomic mass is 10.1. The molecule has 2 heterocycles. The number of likely N-dealkylation sites (N-methyl/N-ethyl adjacent to an activating group) is 1. The lowest BCUT2D eigenvalue weighted by Gasteiger charge is -2.36. The summed E-state index contributed by atoms with van der Waals surface area (Å²) < 4.78 is 11.1. The Kier molecular flexibility index (Phi) is 6.01. The van der Waals surface area contributed by atoms with Crippen molar-refractivity contribution in [2.45, 2.75) is 19.4 Å². The maximum Gasteiger partial charge on any atom is 0.254 e. The smallest absolute Gasteiger partial charge is 0.254 e. The van der Waals surface area contributed by atoms with Crippen molar-refractivity contribution in [3.8, 4) is 5.75 Å². The highest BCUT2D eigenvalue weighted by Gasteiger charge is 2.28. The van der Waals surface area contributed by atoms with Crippen molar-refractivity contribution in [1.82, 2.24) is 10.2 Å². The van der Waals surface area contributed by atoms with Crippen LogP contribution < -0.4 is 15.0 Å². The summed E-state index contributed by atoms with van der Waals surface area (Å²) in [5, 5.41) is 2.85. The highest BCUT2D eigenvalue weighted by Crippen LogP contribution is 2.34. The monoisotopic (exact) mass is 373 g/mol. The molecule has 2 aliphatic heterocycles. The van der Waals surface area contributed by atoms with Crippen molar-refractivity contribution in [3.05, 3.63) is 35.9 Å². The Morgan fingerprint density at radius 2 is 2.04 bits per heavy atom. The van der Waals surface area contributed by atoms with E-state index in [1.165, 1.54) is 0 Å². The molecule has 0 spiro atoms. The van der Waals surface area contributed by atoms with Crippen LogP contribution in [0.5, 0.6) is 5.75 Å². The van der Waals surface area contributed by atoms with E-state index in [1.807, 2.05) is 31.0 Å². The van der Waals surface area contributed by atoms with E-state index >= 15 is 0 Å². The third-order valence-corrected chi connectivity index (χ3v) is 4.87. The molecule has 1 unspecified atom stereocenters. The number of carbonyl (C=O) groups excluding carboxylic acids is 2. The standard InChI is InChI=1S/C20H27N3O4/c1-14(2)12-21-19(24)11-16-13-27-18-5-4-15(10-17(18)22(16)3)20(25)23-6-8-26-9-7-23/h4-5,10,16H,1,6-9,11-13H2,2-3H3,(H,21,24). The Morgan fingerprint density at radius 1 is 1.30 bits per heavy atom. The minimum Gasteiger partial charge on any atom is -0.489 e. The molecule has 27 heavy (non-hydrogen) atoms. The molecule has 2 aliphatic rings. The summed E-state index contributed by atoms with van der Waals surface area (Å²) in [5.41, 5.74) is 2.37. The van der Waals surface area contributed by atoms with Crippen molar-refractivity contribution in [2.75, 3.05) is 51.4 Å². The Bertz CT molecular complexity index is 728. The van der Waals surface area contributed by atoms with Crippen LogP contribution in [0.3, 0.4) is 0 Å². The van der Waals surface area contributed by atoms with Crippen LogP contribution in [0.15, 0.2) is 30.4 Å². The van der Waals surface area contributed by atoms with Gasteiger partial charge in [0, 0.05) is 32.2 Å². The number of carbonyl (C=O) groups is 2. The summed E-state index contributed by atoms with van der Waals surface area (Å²) >= 11 is 0. The molecule has 1 N–H and O–H groups in total. The molecular weight excluding hydrogens is 346 g/mol. The van der Waals surface area contributed by atoms with Crippen LogP contribution in [0.2, 0.25) is 0 Å². The molecule has 7 nitrogen and oxygen atoms in total. The number of nitrogens with zero attached hydrogens (tertiary/aromatic N) is 2. The van der Waals surface area contributed by atoms with Crippen LogP contribution in [-0.4, -0.2) is 69.3 Å². The number of fused-ring (bicyclic) bond motifs is 1. The fraction of sp³-hybridized carbons (Fsp3) is 0.500. The van der Waals surface area contributed by atoms with Crippen molar-refractivity contribution in [2.24, 2.45) is 0 Å². The van der Waals surface area contributed by atoms with E-state index in [2.05, 4.69) is 11.9 Å². The number of anilines is 1. The summed E-state index contributed by atoms with van der Waals surface area (Å²) in [6, 6.07) is 5.39. The van der Waals surface area contributed by atoms with Gasteiger partial charge in [0.05, 0.1) is 31.4 Å². The molecular formula is C20H27N3O4. The molecule has 7 heteroatoms. The number of hydrogen-bond donors (Lipinski definition) is 1. The summed E-state index contributed by atoms with van der Waals surface area (Å²) in [5.74, 6) is 0.688. The zero-order valence-corrected chi connectivity index (χ0v) is 16.0. The fourth-order valence-electron chi connectivity index (χ4n) is 3.22. The van der Waals surface area contributed by atoms with Gasteiger partial charge in [-0.3, -0.25) is 9.59 Å². The van der Waals surface area contributed by atoms with Crippen LogP contribution >= 0.6 is 0 Å². The zero-order chi connectivity index (χ0) is 19.4. The molecule has 0 bridgehead atoms. The second-order valence-corrected chi connectivity index (χ2v) is 7.10.